The summed E-state index contributed by atoms with van der Waals surface area (Å²) < 4.78 is 55.4. The number of sulfonamides is 1. The summed E-state index contributed by atoms with van der Waals surface area (Å²) >= 11 is 0. The van der Waals surface area contributed by atoms with E-state index in [1.807, 2.05) is 18.2 Å². The number of nitrogens with one attached hydrogen (secondary N) is 4. The zero-order valence-electron chi connectivity index (χ0n) is 22.6. The van der Waals surface area contributed by atoms with E-state index in [4.69, 9.17) is 0 Å². The number of aryl methyl sites for hydroxylation is 1. The molecule has 40 heavy (non-hydrogen) atoms. The molecule has 216 valence electrons. The van der Waals surface area contributed by atoms with Crippen molar-refractivity contribution >= 4 is 15.9 Å². The van der Waals surface area contributed by atoms with Gasteiger partial charge in [-0.3, -0.25) is 4.79 Å². The van der Waals surface area contributed by atoms with Crippen LogP contribution in [0.4, 0.5) is 8.78 Å². The van der Waals surface area contributed by atoms with Gasteiger partial charge < -0.3 is 21.1 Å². The maximum Gasteiger partial charge on any atom is 0.251 e. The smallest absolute Gasteiger partial charge is 0.251 e. The van der Waals surface area contributed by atoms with Crippen LogP contribution in [0.5, 0.6) is 0 Å². The molecule has 5 N–H and O–H groups in total. The fourth-order valence-electron chi connectivity index (χ4n) is 4.18. The first-order valence-electron chi connectivity index (χ1n) is 13.1. The fourth-order valence-corrected chi connectivity index (χ4v) is 5.26. The second kappa shape index (κ2) is 15.0. The largest absolute Gasteiger partial charge is 0.390 e. The third-order valence-corrected chi connectivity index (χ3v) is 7.77. The van der Waals surface area contributed by atoms with Crippen molar-refractivity contribution in [2.75, 3.05) is 26.7 Å². The first-order chi connectivity index (χ1) is 19.1. The topological polar surface area (TPSA) is 120 Å². The molecule has 0 aliphatic rings. The average molecular weight is 575 g/mol. The highest BCUT2D eigenvalue weighted by atomic mass is 32.2. The third kappa shape index (κ3) is 9.46. The predicted octanol–water partition coefficient (Wildman–Crippen LogP) is 2.52. The van der Waals surface area contributed by atoms with Gasteiger partial charge in [0.2, 0.25) is 10.0 Å². The highest BCUT2D eigenvalue weighted by molar-refractivity contribution is 7.89. The van der Waals surface area contributed by atoms with Gasteiger partial charge in [0, 0.05) is 37.8 Å². The number of carbonyl (C=O) groups is 1. The van der Waals surface area contributed by atoms with E-state index in [1.54, 1.807) is 7.05 Å². The fraction of sp³-hybridized carbons (Fsp3) is 0.345. The van der Waals surface area contributed by atoms with Crippen LogP contribution in [-0.4, -0.2) is 58.3 Å². The molecule has 3 aromatic rings. The molecular weight excluding hydrogens is 538 g/mol. The Balaban J connectivity index is 1.75. The number of carbonyl (C=O) groups excluding carboxylic acids is 1. The molecule has 0 heterocycles. The summed E-state index contributed by atoms with van der Waals surface area (Å²) in [6.07, 6.45) is -0.290. The van der Waals surface area contributed by atoms with Gasteiger partial charge in [-0.25, -0.2) is 21.9 Å². The lowest BCUT2D eigenvalue weighted by atomic mass is 10.00. The van der Waals surface area contributed by atoms with Crippen LogP contribution in [-0.2, 0) is 29.4 Å². The van der Waals surface area contributed by atoms with Gasteiger partial charge in [-0.1, -0.05) is 37.3 Å². The second-order valence-electron chi connectivity index (χ2n) is 9.46. The van der Waals surface area contributed by atoms with Crippen molar-refractivity contribution in [2.24, 2.45) is 0 Å². The van der Waals surface area contributed by atoms with Gasteiger partial charge in [-0.2, -0.15) is 0 Å². The van der Waals surface area contributed by atoms with E-state index in [0.717, 1.165) is 30.2 Å². The SMILES string of the molecule is CCc1cccc(CNC[C@H](O)[C@H](Cc2cc(F)cc(F)c2)NC(=O)c2cccc(S(=O)(=O)NCCNC)c2)c1. The average Bonchev–Trinajstić information content (AvgIpc) is 2.92. The zero-order chi connectivity index (χ0) is 29.1. The monoisotopic (exact) mass is 574 g/mol. The molecule has 2 atom stereocenters. The van der Waals surface area contributed by atoms with E-state index >= 15 is 0 Å². The van der Waals surface area contributed by atoms with Crippen LogP contribution in [0.2, 0.25) is 0 Å². The van der Waals surface area contributed by atoms with E-state index in [-0.39, 0.29) is 35.5 Å². The first-order valence-corrected chi connectivity index (χ1v) is 14.6. The number of benzene rings is 3. The highest BCUT2D eigenvalue weighted by Gasteiger charge is 2.24. The summed E-state index contributed by atoms with van der Waals surface area (Å²) in [6.45, 7) is 3.22. The zero-order valence-corrected chi connectivity index (χ0v) is 23.4. The number of hydrogen-bond acceptors (Lipinski definition) is 6. The Bertz CT molecular complexity index is 1370. The van der Waals surface area contributed by atoms with Crippen LogP contribution in [0.3, 0.4) is 0 Å². The molecule has 8 nitrogen and oxygen atoms in total. The van der Waals surface area contributed by atoms with Gasteiger partial charge in [-0.15, -0.1) is 0 Å². The normalized spacial score (nSPS) is 13.1. The van der Waals surface area contributed by atoms with Gasteiger partial charge in [0.1, 0.15) is 11.6 Å². The lowest BCUT2D eigenvalue weighted by Gasteiger charge is -2.25. The minimum Gasteiger partial charge on any atom is -0.390 e. The molecule has 0 fully saturated rings. The Morgan fingerprint density at radius 3 is 2.33 bits per heavy atom. The molecule has 0 saturated carbocycles. The van der Waals surface area contributed by atoms with Crippen LogP contribution in [0.25, 0.3) is 0 Å². The molecule has 11 heteroatoms. The summed E-state index contributed by atoms with van der Waals surface area (Å²) in [5, 5.41) is 19.7. The minimum absolute atomic E-state index is 0.0574. The number of rotatable bonds is 15. The van der Waals surface area contributed by atoms with E-state index in [9.17, 15) is 27.1 Å². The molecule has 1 amide bonds. The van der Waals surface area contributed by atoms with E-state index in [2.05, 4.69) is 33.7 Å². The Hall–Kier alpha value is -3.22. The van der Waals surface area contributed by atoms with Gasteiger partial charge in [0.25, 0.3) is 5.91 Å². The number of hydrogen-bond donors (Lipinski definition) is 5. The van der Waals surface area contributed by atoms with Crippen molar-refractivity contribution in [3.63, 3.8) is 0 Å². The molecule has 3 rings (SSSR count). The molecule has 0 spiro atoms. The van der Waals surface area contributed by atoms with Crippen LogP contribution in [0.15, 0.2) is 71.6 Å². The number of amides is 1. The summed E-state index contributed by atoms with van der Waals surface area (Å²) in [5.41, 5.74) is 2.52. The van der Waals surface area contributed by atoms with Crippen LogP contribution < -0.4 is 20.7 Å². The summed E-state index contributed by atoms with van der Waals surface area (Å²) in [7, 11) is -2.15. The maximum absolute atomic E-state index is 13.9. The van der Waals surface area contributed by atoms with Crippen molar-refractivity contribution in [1.82, 2.24) is 20.7 Å². The number of aliphatic hydroxyl groups is 1. The molecule has 0 aromatic heterocycles. The summed E-state index contributed by atoms with van der Waals surface area (Å²) in [6, 6.07) is 15.6. The lowest BCUT2D eigenvalue weighted by molar-refractivity contribution is 0.0829. The molecule has 0 radical (unpaired) electrons. The van der Waals surface area contributed by atoms with E-state index < -0.39 is 39.7 Å². The summed E-state index contributed by atoms with van der Waals surface area (Å²) in [5.74, 6) is -2.18. The summed E-state index contributed by atoms with van der Waals surface area (Å²) in [4.78, 5) is 13.1. The lowest BCUT2D eigenvalue weighted by Crippen LogP contribution is -2.48. The maximum atomic E-state index is 13.9. The van der Waals surface area contributed by atoms with Crippen LogP contribution in [0, 0.1) is 11.6 Å². The van der Waals surface area contributed by atoms with Crippen LogP contribution >= 0.6 is 0 Å². The highest BCUT2D eigenvalue weighted by Crippen LogP contribution is 2.15. The second-order valence-corrected chi connectivity index (χ2v) is 11.2. The van der Waals surface area contributed by atoms with E-state index in [0.29, 0.717) is 13.1 Å². The number of halogens is 2. The molecule has 0 saturated heterocycles. The van der Waals surface area contributed by atoms with Gasteiger partial charge in [0.15, 0.2) is 0 Å². The van der Waals surface area contributed by atoms with Crippen LogP contribution in [0.1, 0.15) is 34.0 Å². The molecule has 0 aliphatic heterocycles. The van der Waals surface area contributed by atoms with E-state index in [1.165, 1.54) is 29.8 Å². The minimum atomic E-state index is -3.85. The molecule has 0 unspecified atom stereocenters. The quantitative estimate of drug-likeness (QED) is 0.178. The third-order valence-electron chi connectivity index (χ3n) is 6.31. The van der Waals surface area contributed by atoms with Crippen molar-refractivity contribution in [3.8, 4) is 0 Å². The van der Waals surface area contributed by atoms with Crippen molar-refractivity contribution < 1.29 is 27.1 Å². The standard InChI is InChI=1S/C29H36F2N4O4S/c1-3-20-6-4-7-21(12-20)18-33-19-28(36)27(15-22-13-24(30)17-25(31)14-22)35-29(37)23-8-5-9-26(16-23)40(38,39)34-11-10-32-2/h4-9,12-14,16-17,27-28,32-34,36H,3,10-11,15,18-19H2,1-2H3,(H,35,37)/t27-,28-/m0/s1. The van der Waals surface area contributed by atoms with Gasteiger partial charge in [-0.05, 0) is 66.9 Å². The number of likely N-dealkylation sites (N-methyl/N-ethyl adjacent to an activating group) is 1. The predicted molar refractivity (Wildman–Crippen MR) is 150 cm³/mol. The van der Waals surface area contributed by atoms with Gasteiger partial charge in [0.05, 0.1) is 17.0 Å². The molecule has 3 aromatic carbocycles. The van der Waals surface area contributed by atoms with Crippen molar-refractivity contribution in [2.45, 2.75) is 43.4 Å². The Morgan fingerprint density at radius 2 is 1.62 bits per heavy atom. The Labute approximate surface area is 234 Å². The molecule has 0 aliphatic carbocycles. The van der Waals surface area contributed by atoms with Crippen molar-refractivity contribution in [1.29, 1.82) is 0 Å². The first kappa shape index (κ1) is 31.3. The Kier molecular flexibility index (Phi) is 11.7. The molecular formula is C29H36F2N4O4S. The molecule has 0 bridgehead atoms. The number of aliphatic hydroxyl groups excluding tert-OH is 1. The van der Waals surface area contributed by atoms with Gasteiger partial charge >= 0.3 is 0 Å². The Morgan fingerprint density at radius 1 is 0.925 bits per heavy atom. The van der Waals surface area contributed by atoms with Crippen molar-refractivity contribution in [3.05, 3.63) is 101 Å².